The lowest BCUT2D eigenvalue weighted by atomic mass is 9.94. The Bertz CT molecular complexity index is 740. The van der Waals surface area contributed by atoms with Crippen molar-refractivity contribution < 1.29 is 9.53 Å². The number of nitrogens with zero attached hydrogens (tertiary/aromatic N) is 4. The first kappa shape index (κ1) is 17.0. The Labute approximate surface area is 153 Å². The highest BCUT2D eigenvalue weighted by molar-refractivity contribution is 5.78. The molecule has 0 unspecified atom stereocenters. The molecule has 1 aromatic heterocycles. The first-order valence-electron chi connectivity index (χ1n) is 9.14. The predicted octanol–water partition coefficient (Wildman–Crippen LogP) is 2.68. The van der Waals surface area contributed by atoms with Gasteiger partial charge in [-0.2, -0.15) is 0 Å². The van der Waals surface area contributed by atoms with Crippen molar-refractivity contribution in [2.75, 3.05) is 20.3 Å². The van der Waals surface area contributed by atoms with Crippen molar-refractivity contribution in [3.63, 3.8) is 0 Å². The normalized spacial score (nSPS) is 25.0. The van der Waals surface area contributed by atoms with Gasteiger partial charge in [0, 0.05) is 38.5 Å². The van der Waals surface area contributed by atoms with Gasteiger partial charge in [0.15, 0.2) is 0 Å². The van der Waals surface area contributed by atoms with E-state index in [1.54, 1.807) is 13.4 Å². The van der Waals surface area contributed by atoms with Gasteiger partial charge >= 0.3 is 6.03 Å². The predicted molar refractivity (Wildman–Crippen MR) is 97.5 cm³/mol. The second-order valence-electron chi connectivity index (χ2n) is 7.00. The zero-order chi connectivity index (χ0) is 17.9. The minimum atomic E-state index is 0.113. The topological polar surface area (TPSA) is 58.6 Å². The molecule has 6 nitrogen and oxygen atoms in total. The number of hydrogen-bond acceptors (Lipinski definition) is 4. The summed E-state index contributed by atoms with van der Waals surface area (Å²) in [5, 5.41) is 0. The number of hydrogen-bond donors (Lipinski definition) is 0. The summed E-state index contributed by atoms with van der Waals surface area (Å²) in [5.41, 5.74) is 2.28. The van der Waals surface area contributed by atoms with E-state index in [-0.39, 0.29) is 24.0 Å². The Morgan fingerprint density at radius 1 is 1.12 bits per heavy atom. The average molecular weight is 352 g/mol. The van der Waals surface area contributed by atoms with Crippen LogP contribution in [0.25, 0.3) is 0 Å². The highest BCUT2D eigenvalue weighted by Crippen LogP contribution is 2.44. The third-order valence-electron chi connectivity index (χ3n) is 5.57. The Morgan fingerprint density at radius 2 is 1.88 bits per heavy atom. The summed E-state index contributed by atoms with van der Waals surface area (Å²) in [4.78, 5) is 25.6. The highest BCUT2D eigenvalue weighted by atomic mass is 16.5. The van der Waals surface area contributed by atoms with Gasteiger partial charge in [-0.3, -0.25) is 0 Å². The van der Waals surface area contributed by atoms with E-state index in [4.69, 9.17) is 4.74 Å². The molecule has 1 aliphatic carbocycles. The minimum absolute atomic E-state index is 0.113. The zero-order valence-electron chi connectivity index (χ0n) is 15.0. The van der Waals surface area contributed by atoms with Gasteiger partial charge in [-0.15, -0.1) is 0 Å². The van der Waals surface area contributed by atoms with E-state index in [0.717, 1.165) is 24.0 Å². The lowest BCUT2D eigenvalue weighted by molar-refractivity contribution is 0.142. The third-order valence-corrected chi connectivity index (χ3v) is 5.57. The van der Waals surface area contributed by atoms with Crippen LogP contribution < -0.4 is 0 Å². The molecule has 3 atom stereocenters. The van der Waals surface area contributed by atoms with Crippen LogP contribution in [0.5, 0.6) is 0 Å². The molecule has 1 aliphatic heterocycles. The van der Waals surface area contributed by atoms with Crippen LogP contribution in [-0.2, 0) is 11.3 Å². The van der Waals surface area contributed by atoms with E-state index in [1.165, 1.54) is 0 Å². The van der Waals surface area contributed by atoms with Crippen molar-refractivity contribution in [3.8, 4) is 0 Å². The van der Waals surface area contributed by atoms with Crippen molar-refractivity contribution in [3.05, 3.63) is 60.2 Å². The van der Waals surface area contributed by atoms with Crippen molar-refractivity contribution >= 4 is 6.03 Å². The fraction of sp³-hybridized carbons (Fsp3) is 0.450. The van der Waals surface area contributed by atoms with E-state index >= 15 is 0 Å². The molecule has 26 heavy (non-hydrogen) atoms. The molecule has 1 saturated heterocycles. The standard InChI is InChI=1S/C20H24N4O2/c1-26-10-9-23-18-8-7-17(16-11-21-14-22-12-16)19(18)24(20(23)25)13-15-5-3-2-4-6-15/h2-6,11-12,14,17-19H,7-10,13H2,1H3/t17-,18-,19+/m0/s1. The van der Waals surface area contributed by atoms with Crippen LogP contribution in [-0.4, -0.2) is 58.1 Å². The first-order valence-corrected chi connectivity index (χ1v) is 9.14. The molecule has 2 amide bonds. The molecule has 0 spiro atoms. The van der Waals surface area contributed by atoms with Crippen LogP contribution in [0.15, 0.2) is 49.1 Å². The van der Waals surface area contributed by atoms with Crippen molar-refractivity contribution in [2.24, 2.45) is 0 Å². The van der Waals surface area contributed by atoms with Gasteiger partial charge in [0.05, 0.1) is 18.7 Å². The molecule has 2 aliphatic rings. The van der Waals surface area contributed by atoms with Gasteiger partial charge in [-0.05, 0) is 24.0 Å². The van der Waals surface area contributed by atoms with Gasteiger partial charge in [0.2, 0.25) is 0 Å². The van der Waals surface area contributed by atoms with E-state index in [9.17, 15) is 4.79 Å². The Balaban J connectivity index is 1.64. The van der Waals surface area contributed by atoms with Crippen molar-refractivity contribution in [2.45, 2.75) is 37.4 Å². The number of carbonyl (C=O) groups excluding carboxylic acids is 1. The molecular formula is C20H24N4O2. The number of ether oxygens (including phenoxy) is 1. The quantitative estimate of drug-likeness (QED) is 0.802. The fourth-order valence-electron chi connectivity index (χ4n) is 4.43. The molecule has 6 heteroatoms. The molecule has 136 valence electrons. The summed E-state index contributed by atoms with van der Waals surface area (Å²) in [7, 11) is 1.68. The van der Waals surface area contributed by atoms with Crippen LogP contribution >= 0.6 is 0 Å². The third kappa shape index (κ3) is 3.05. The van der Waals surface area contributed by atoms with Crippen molar-refractivity contribution in [1.29, 1.82) is 0 Å². The van der Waals surface area contributed by atoms with Gasteiger partial charge in [0.1, 0.15) is 6.33 Å². The van der Waals surface area contributed by atoms with Crippen LogP contribution in [0, 0.1) is 0 Å². The Morgan fingerprint density at radius 3 is 2.62 bits per heavy atom. The number of methoxy groups -OCH3 is 1. The highest BCUT2D eigenvalue weighted by Gasteiger charge is 2.52. The SMILES string of the molecule is COCCN1C(=O)N(Cc2ccccc2)[C@@H]2[C@H](c3cncnc3)CC[C@@H]21. The number of carbonyl (C=O) groups is 1. The summed E-state index contributed by atoms with van der Waals surface area (Å²) in [6.07, 6.45) is 7.39. The minimum Gasteiger partial charge on any atom is -0.383 e. The average Bonchev–Trinajstić information content (AvgIpc) is 3.22. The molecule has 2 aromatic rings. The van der Waals surface area contributed by atoms with Gasteiger partial charge in [-0.1, -0.05) is 30.3 Å². The molecule has 1 aromatic carbocycles. The Kier molecular flexibility index (Phi) is 4.84. The lowest BCUT2D eigenvalue weighted by Crippen LogP contribution is -2.37. The first-order chi connectivity index (χ1) is 12.8. The zero-order valence-corrected chi connectivity index (χ0v) is 15.0. The molecule has 4 rings (SSSR count). The molecule has 0 radical (unpaired) electrons. The summed E-state index contributed by atoms with van der Waals surface area (Å²) in [6, 6.07) is 10.7. The maximum Gasteiger partial charge on any atom is 0.321 e. The van der Waals surface area contributed by atoms with Crippen molar-refractivity contribution in [1.82, 2.24) is 19.8 Å². The molecule has 0 bridgehead atoms. The van der Waals surface area contributed by atoms with E-state index < -0.39 is 0 Å². The number of benzene rings is 1. The second kappa shape index (κ2) is 7.41. The smallest absolute Gasteiger partial charge is 0.321 e. The van der Waals surface area contributed by atoms with Crippen LogP contribution in [0.1, 0.15) is 29.9 Å². The number of amides is 2. The molecular weight excluding hydrogens is 328 g/mol. The number of aromatic nitrogens is 2. The van der Waals surface area contributed by atoms with Crippen LogP contribution in [0.2, 0.25) is 0 Å². The van der Waals surface area contributed by atoms with E-state index in [2.05, 4.69) is 22.1 Å². The Hall–Kier alpha value is -2.47. The lowest BCUT2D eigenvalue weighted by Gasteiger charge is -2.28. The molecule has 2 fully saturated rings. The van der Waals surface area contributed by atoms with E-state index in [1.807, 2.05) is 40.4 Å². The fourth-order valence-corrected chi connectivity index (χ4v) is 4.43. The summed E-state index contributed by atoms with van der Waals surface area (Å²) < 4.78 is 5.23. The number of urea groups is 1. The maximum atomic E-state index is 13.2. The molecule has 1 saturated carbocycles. The van der Waals surface area contributed by atoms with Crippen LogP contribution in [0.4, 0.5) is 4.79 Å². The van der Waals surface area contributed by atoms with E-state index in [0.29, 0.717) is 19.7 Å². The maximum absolute atomic E-state index is 13.2. The summed E-state index contributed by atoms with van der Waals surface area (Å²) >= 11 is 0. The largest absolute Gasteiger partial charge is 0.383 e. The summed E-state index contributed by atoms with van der Waals surface area (Å²) in [6.45, 7) is 1.83. The van der Waals surface area contributed by atoms with Gasteiger partial charge in [0.25, 0.3) is 0 Å². The summed E-state index contributed by atoms with van der Waals surface area (Å²) in [5.74, 6) is 0.279. The number of rotatable bonds is 6. The van der Waals surface area contributed by atoms with Gasteiger partial charge in [-0.25, -0.2) is 14.8 Å². The second-order valence-corrected chi connectivity index (χ2v) is 7.00. The molecule has 0 N–H and O–H groups in total. The molecule has 2 heterocycles. The monoisotopic (exact) mass is 352 g/mol. The van der Waals surface area contributed by atoms with Gasteiger partial charge < -0.3 is 14.5 Å². The van der Waals surface area contributed by atoms with Crippen LogP contribution in [0.3, 0.4) is 0 Å². The number of fused-ring (bicyclic) bond motifs is 1.